The van der Waals surface area contributed by atoms with Crippen molar-refractivity contribution < 1.29 is 0 Å². The molecule has 0 atom stereocenters. The first kappa shape index (κ1) is 13.8. The molecular weight excluding hydrogens is 254 g/mol. The molecule has 1 aromatic rings. The lowest BCUT2D eigenvalue weighted by molar-refractivity contribution is -0.0353. The van der Waals surface area contributed by atoms with Crippen molar-refractivity contribution in [2.45, 2.75) is 45.4 Å². The Bertz CT molecular complexity index is 464. The summed E-state index contributed by atoms with van der Waals surface area (Å²) in [6.07, 6.45) is 8.96. The lowest BCUT2D eigenvalue weighted by Gasteiger charge is -2.54. The zero-order valence-electron chi connectivity index (χ0n) is 13.4. The van der Waals surface area contributed by atoms with Crippen LogP contribution in [0.5, 0.6) is 0 Å². The molecule has 1 aromatic carbocycles. The molecule has 1 heteroatoms. The Morgan fingerprint density at radius 1 is 0.952 bits per heavy atom. The maximum Gasteiger partial charge on any atom is -0.000813 e. The zero-order valence-corrected chi connectivity index (χ0v) is 13.4. The number of hydrogen-bond acceptors (Lipinski definition) is 1. The van der Waals surface area contributed by atoms with Crippen molar-refractivity contribution in [2.75, 3.05) is 13.1 Å². The minimum absolute atomic E-state index is 0.995. The SMILES string of the molecule is Cc1ccccc1CCNCC1C2CC3CC(C2)CC1C3. The van der Waals surface area contributed by atoms with Gasteiger partial charge in [0.2, 0.25) is 0 Å². The van der Waals surface area contributed by atoms with Crippen molar-refractivity contribution in [1.82, 2.24) is 5.32 Å². The van der Waals surface area contributed by atoms with Crippen LogP contribution in [-0.4, -0.2) is 13.1 Å². The molecular formula is C20H29N. The summed E-state index contributed by atoms with van der Waals surface area (Å²) >= 11 is 0. The molecule has 114 valence electrons. The molecule has 4 fully saturated rings. The topological polar surface area (TPSA) is 12.0 Å². The summed E-state index contributed by atoms with van der Waals surface area (Å²) < 4.78 is 0. The molecule has 0 radical (unpaired) electrons. The highest BCUT2D eigenvalue weighted by atomic mass is 14.9. The van der Waals surface area contributed by atoms with Gasteiger partial charge in [0, 0.05) is 0 Å². The van der Waals surface area contributed by atoms with Crippen molar-refractivity contribution in [3.05, 3.63) is 35.4 Å². The lowest BCUT2D eigenvalue weighted by atomic mass is 9.52. The van der Waals surface area contributed by atoms with E-state index in [2.05, 4.69) is 36.5 Å². The van der Waals surface area contributed by atoms with Crippen LogP contribution in [0.4, 0.5) is 0 Å². The van der Waals surface area contributed by atoms with Gasteiger partial charge in [-0.2, -0.15) is 0 Å². The summed E-state index contributed by atoms with van der Waals surface area (Å²) in [4.78, 5) is 0. The highest BCUT2D eigenvalue weighted by Crippen LogP contribution is 2.56. The Hall–Kier alpha value is -0.820. The second kappa shape index (κ2) is 5.76. The number of nitrogens with one attached hydrogen (secondary N) is 1. The van der Waals surface area contributed by atoms with Gasteiger partial charge in [-0.15, -0.1) is 0 Å². The van der Waals surface area contributed by atoms with Crippen LogP contribution in [0.25, 0.3) is 0 Å². The molecule has 0 amide bonds. The fourth-order valence-electron chi connectivity index (χ4n) is 5.75. The molecule has 4 bridgehead atoms. The van der Waals surface area contributed by atoms with Crippen molar-refractivity contribution in [2.24, 2.45) is 29.6 Å². The summed E-state index contributed by atoms with van der Waals surface area (Å²) in [7, 11) is 0. The van der Waals surface area contributed by atoms with E-state index in [1.54, 1.807) is 32.1 Å². The minimum atomic E-state index is 0.995. The Morgan fingerprint density at radius 3 is 2.29 bits per heavy atom. The number of rotatable bonds is 5. The summed E-state index contributed by atoms with van der Waals surface area (Å²) in [5.41, 5.74) is 2.95. The van der Waals surface area contributed by atoms with Crippen LogP contribution < -0.4 is 5.32 Å². The molecule has 21 heavy (non-hydrogen) atoms. The van der Waals surface area contributed by atoms with Crippen molar-refractivity contribution in [3.63, 3.8) is 0 Å². The fourth-order valence-corrected chi connectivity index (χ4v) is 5.75. The van der Waals surface area contributed by atoms with Gasteiger partial charge in [0.15, 0.2) is 0 Å². The Morgan fingerprint density at radius 2 is 1.62 bits per heavy atom. The van der Waals surface area contributed by atoms with E-state index < -0.39 is 0 Å². The van der Waals surface area contributed by atoms with Gasteiger partial charge in [-0.05, 0) is 99.3 Å². The third-order valence-electron chi connectivity index (χ3n) is 6.63. The zero-order chi connectivity index (χ0) is 14.2. The van der Waals surface area contributed by atoms with E-state index in [-0.39, 0.29) is 0 Å². The third kappa shape index (κ3) is 2.77. The smallest absolute Gasteiger partial charge is 0.000813 e. The Kier molecular flexibility index (Phi) is 3.79. The van der Waals surface area contributed by atoms with E-state index in [4.69, 9.17) is 0 Å². The van der Waals surface area contributed by atoms with Gasteiger partial charge in [0.1, 0.15) is 0 Å². The van der Waals surface area contributed by atoms with Crippen LogP contribution in [0, 0.1) is 36.5 Å². The van der Waals surface area contributed by atoms with Gasteiger partial charge in [0.05, 0.1) is 0 Å². The Balaban J connectivity index is 1.27. The largest absolute Gasteiger partial charge is 0.316 e. The highest BCUT2D eigenvalue weighted by Gasteiger charge is 2.47. The van der Waals surface area contributed by atoms with Gasteiger partial charge in [0.25, 0.3) is 0 Å². The average molecular weight is 283 g/mol. The quantitative estimate of drug-likeness (QED) is 0.799. The van der Waals surface area contributed by atoms with Crippen LogP contribution >= 0.6 is 0 Å². The second-order valence-electron chi connectivity index (χ2n) is 7.98. The van der Waals surface area contributed by atoms with E-state index in [9.17, 15) is 0 Å². The van der Waals surface area contributed by atoms with Gasteiger partial charge in [-0.1, -0.05) is 24.3 Å². The first-order chi connectivity index (χ1) is 10.3. The van der Waals surface area contributed by atoms with Crippen LogP contribution in [-0.2, 0) is 6.42 Å². The maximum absolute atomic E-state index is 3.79. The molecule has 1 nitrogen and oxygen atoms in total. The van der Waals surface area contributed by atoms with Gasteiger partial charge in [-0.25, -0.2) is 0 Å². The first-order valence-corrected chi connectivity index (χ1v) is 9.05. The number of hydrogen-bond donors (Lipinski definition) is 1. The van der Waals surface area contributed by atoms with Crippen LogP contribution in [0.1, 0.15) is 43.2 Å². The average Bonchev–Trinajstić information content (AvgIpc) is 2.47. The van der Waals surface area contributed by atoms with Gasteiger partial charge >= 0.3 is 0 Å². The van der Waals surface area contributed by atoms with E-state index in [1.807, 2.05) is 0 Å². The van der Waals surface area contributed by atoms with Gasteiger partial charge in [-0.3, -0.25) is 0 Å². The first-order valence-electron chi connectivity index (χ1n) is 9.05. The number of benzene rings is 1. The fraction of sp³-hybridized carbons (Fsp3) is 0.700. The molecule has 0 aliphatic heterocycles. The molecule has 0 spiro atoms. The van der Waals surface area contributed by atoms with Crippen molar-refractivity contribution in [1.29, 1.82) is 0 Å². The maximum atomic E-state index is 3.79. The molecule has 0 unspecified atom stereocenters. The lowest BCUT2D eigenvalue weighted by Crippen LogP contribution is -2.48. The molecule has 1 N–H and O–H groups in total. The summed E-state index contributed by atoms with van der Waals surface area (Å²) in [5.74, 6) is 5.33. The van der Waals surface area contributed by atoms with Crippen molar-refractivity contribution in [3.8, 4) is 0 Å². The summed E-state index contributed by atoms with van der Waals surface area (Å²) in [6.45, 7) is 4.65. The molecule has 0 aromatic heterocycles. The van der Waals surface area contributed by atoms with E-state index >= 15 is 0 Å². The molecule has 4 saturated carbocycles. The summed E-state index contributed by atoms with van der Waals surface area (Å²) in [5, 5.41) is 3.79. The number of aryl methyl sites for hydroxylation is 1. The minimum Gasteiger partial charge on any atom is -0.316 e. The predicted octanol–water partition coefficient (Wildman–Crippen LogP) is 4.20. The van der Waals surface area contributed by atoms with Crippen LogP contribution in [0.2, 0.25) is 0 Å². The van der Waals surface area contributed by atoms with Crippen LogP contribution in [0.15, 0.2) is 24.3 Å². The second-order valence-corrected chi connectivity index (χ2v) is 7.98. The van der Waals surface area contributed by atoms with Crippen molar-refractivity contribution >= 4 is 0 Å². The third-order valence-corrected chi connectivity index (χ3v) is 6.63. The molecule has 4 aliphatic rings. The summed E-state index contributed by atoms with van der Waals surface area (Å²) in [6, 6.07) is 8.81. The molecule has 5 rings (SSSR count). The highest BCUT2D eigenvalue weighted by molar-refractivity contribution is 5.25. The molecule has 0 heterocycles. The monoisotopic (exact) mass is 283 g/mol. The van der Waals surface area contributed by atoms with Crippen LogP contribution in [0.3, 0.4) is 0 Å². The van der Waals surface area contributed by atoms with E-state index in [0.29, 0.717) is 0 Å². The standard InChI is InChI=1S/C20H29N/c1-14-4-2-3-5-17(14)6-7-21-13-20-18-9-15-8-16(11-18)12-19(20)10-15/h2-5,15-16,18-21H,6-13H2,1H3. The predicted molar refractivity (Wildman–Crippen MR) is 88.3 cm³/mol. The van der Waals surface area contributed by atoms with E-state index in [0.717, 1.165) is 36.1 Å². The Labute approximate surface area is 129 Å². The molecule has 4 aliphatic carbocycles. The van der Waals surface area contributed by atoms with Gasteiger partial charge < -0.3 is 5.32 Å². The molecule has 0 saturated heterocycles. The normalized spacial score (nSPS) is 37.1. The van der Waals surface area contributed by atoms with E-state index in [1.165, 1.54) is 24.1 Å².